The van der Waals surface area contributed by atoms with Crippen LogP contribution in [0.15, 0.2) is 0 Å². The van der Waals surface area contributed by atoms with E-state index < -0.39 is 37.3 Å². The van der Waals surface area contributed by atoms with Crippen LogP contribution >= 0.6 is 0 Å². The van der Waals surface area contributed by atoms with Gasteiger partial charge in [-0.1, -0.05) is 90.4 Å². The van der Waals surface area contributed by atoms with Crippen LogP contribution in [0.5, 0.6) is 0 Å². The Hall–Kier alpha value is -0.320. The lowest BCUT2D eigenvalue weighted by Crippen LogP contribution is -2.62. The molecule has 1 rings (SSSR count). The van der Waals surface area contributed by atoms with Gasteiger partial charge in [0.25, 0.3) is 0 Å². The third-order valence-electron chi connectivity index (χ3n) is 6.68. The highest BCUT2D eigenvalue weighted by molar-refractivity contribution is 4.91. The van der Waals surface area contributed by atoms with E-state index in [0.717, 1.165) is 12.8 Å². The molecule has 0 aliphatic carbocycles. The van der Waals surface area contributed by atoms with Crippen LogP contribution in [0.1, 0.15) is 96.8 Å². The van der Waals surface area contributed by atoms with E-state index in [2.05, 4.69) is 6.92 Å². The zero-order valence-corrected chi connectivity index (χ0v) is 21.5. The summed E-state index contributed by atoms with van der Waals surface area (Å²) in [6.45, 7) is 2.89. The van der Waals surface area contributed by atoms with Crippen molar-refractivity contribution in [3.63, 3.8) is 0 Å². The molecule has 0 saturated carbocycles. The predicted molar refractivity (Wildman–Crippen MR) is 133 cm³/mol. The molecule has 0 radical (unpaired) electrons. The third-order valence-corrected chi connectivity index (χ3v) is 6.68. The molecule has 0 aromatic rings. The quantitative estimate of drug-likeness (QED) is 0.146. The fourth-order valence-corrected chi connectivity index (χ4v) is 4.29. The van der Waals surface area contributed by atoms with Gasteiger partial charge in [0.15, 0.2) is 6.29 Å². The van der Waals surface area contributed by atoms with Crippen LogP contribution in [-0.4, -0.2) is 84.1 Å². The van der Waals surface area contributed by atoms with Gasteiger partial charge < -0.3 is 40.4 Å². The Balaban J connectivity index is 1.97. The first-order valence-electron chi connectivity index (χ1n) is 13.7. The molecule has 6 N–H and O–H groups in total. The number of hydrogen-bond acceptors (Lipinski definition) is 8. The van der Waals surface area contributed by atoms with Crippen LogP contribution in [0.4, 0.5) is 0 Å². The fraction of sp³-hybridized carbons (Fsp3) is 1.00. The van der Waals surface area contributed by atoms with Gasteiger partial charge in [-0.2, -0.15) is 0 Å². The van der Waals surface area contributed by atoms with Crippen molar-refractivity contribution < 1.29 is 34.6 Å². The zero-order chi connectivity index (χ0) is 25.0. The van der Waals surface area contributed by atoms with E-state index in [1.807, 2.05) is 0 Å². The molecule has 0 aromatic heterocycles. The molecule has 1 heterocycles. The fourth-order valence-electron chi connectivity index (χ4n) is 4.29. The molecule has 2 unspecified atom stereocenters. The van der Waals surface area contributed by atoms with Gasteiger partial charge >= 0.3 is 0 Å². The Morgan fingerprint density at radius 2 is 1.29 bits per heavy atom. The third kappa shape index (κ3) is 13.7. The highest BCUT2D eigenvalue weighted by Gasteiger charge is 2.43. The van der Waals surface area contributed by atoms with Crippen LogP contribution < -0.4 is 5.73 Å². The monoisotopic (exact) mass is 491 g/mol. The molecule has 1 fully saturated rings. The summed E-state index contributed by atoms with van der Waals surface area (Å²) in [5.74, 6) is -0.237. The Morgan fingerprint density at radius 3 is 1.79 bits per heavy atom. The van der Waals surface area contributed by atoms with Crippen LogP contribution in [0.2, 0.25) is 0 Å². The minimum absolute atomic E-state index is 0.102. The Labute approximate surface area is 207 Å². The summed E-state index contributed by atoms with van der Waals surface area (Å²) in [6, 6.07) is -0.936. The second kappa shape index (κ2) is 20.8. The molecule has 0 aromatic carbocycles. The molecule has 0 amide bonds. The Morgan fingerprint density at radius 1 is 0.765 bits per heavy atom. The predicted octanol–water partition coefficient (Wildman–Crippen LogP) is 2.88. The van der Waals surface area contributed by atoms with E-state index in [4.69, 9.17) is 19.9 Å². The summed E-state index contributed by atoms with van der Waals surface area (Å²) in [5.41, 5.74) is 5.86. The van der Waals surface area contributed by atoms with E-state index >= 15 is 0 Å². The number of ether oxygens (including phenoxy) is 3. The normalized spacial score (nSPS) is 26.1. The maximum absolute atomic E-state index is 9.98. The lowest BCUT2D eigenvalue weighted by atomic mass is 9.98. The highest BCUT2D eigenvalue weighted by Crippen LogP contribution is 2.21. The smallest absolute Gasteiger partial charge is 0.175 e. The summed E-state index contributed by atoms with van der Waals surface area (Å²) in [6.07, 6.45) is 14.0. The summed E-state index contributed by atoms with van der Waals surface area (Å²) in [7, 11) is 0. The average Bonchev–Trinajstić information content (AvgIpc) is 2.85. The number of aliphatic hydroxyl groups is 4. The number of unbranched alkanes of at least 4 members (excludes halogenated alkanes) is 13. The standard InChI is InChI=1S/C26H53NO7/c1-2-3-4-5-6-7-8-9-10-11-12-13-14-15-16-32-19-21(17-28)20-33-26-23(27)25(31)24(30)22(18-29)34-26/h21-26,28-31H,2-20,27H2,1H3/t21-,22?,23?,24+,25-,26-/m1/s1. The van der Waals surface area contributed by atoms with Crippen molar-refractivity contribution in [1.82, 2.24) is 0 Å². The molecule has 8 heteroatoms. The van der Waals surface area contributed by atoms with Crippen molar-refractivity contribution in [3.8, 4) is 0 Å². The summed E-state index contributed by atoms with van der Waals surface area (Å²) in [4.78, 5) is 0. The number of nitrogens with two attached hydrogens (primary N) is 1. The topological polar surface area (TPSA) is 135 Å². The second-order valence-corrected chi connectivity index (χ2v) is 9.84. The molecule has 1 aliphatic heterocycles. The molecule has 0 bridgehead atoms. The molecular weight excluding hydrogens is 438 g/mol. The van der Waals surface area contributed by atoms with Crippen LogP contribution in [0, 0.1) is 5.92 Å². The summed E-state index contributed by atoms with van der Waals surface area (Å²) < 4.78 is 16.7. The van der Waals surface area contributed by atoms with Crippen molar-refractivity contribution in [2.24, 2.45) is 11.7 Å². The summed E-state index contributed by atoms with van der Waals surface area (Å²) in [5, 5.41) is 38.6. The van der Waals surface area contributed by atoms with Crippen molar-refractivity contribution >= 4 is 0 Å². The van der Waals surface area contributed by atoms with Crippen LogP contribution in [-0.2, 0) is 14.2 Å². The first kappa shape index (κ1) is 31.7. The van der Waals surface area contributed by atoms with Gasteiger partial charge in [0, 0.05) is 12.5 Å². The van der Waals surface area contributed by atoms with E-state index in [0.29, 0.717) is 13.2 Å². The zero-order valence-electron chi connectivity index (χ0n) is 21.5. The van der Waals surface area contributed by atoms with Crippen molar-refractivity contribution in [2.45, 2.75) is 127 Å². The van der Waals surface area contributed by atoms with Gasteiger partial charge in [0.05, 0.1) is 32.5 Å². The van der Waals surface area contributed by atoms with Gasteiger partial charge in [-0.25, -0.2) is 0 Å². The second-order valence-electron chi connectivity index (χ2n) is 9.84. The molecule has 8 nitrogen and oxygen atoms in total. The van der Waals surface area contributed by atoms with E-state index in [1.54, 1.807) is 0 Å². The molecule has 34 heavy (non-hydrogen) atoms. The molecular formula is C26H53NO7. The van der Waals surface area contributed by atoms with Crippen molar-refractivity contribution in [2.75, 3.05) is 33.0 Å². The Kier molecular flexibility index (Phi) is 19.4. The molecule has 204 valence electrons. The number of rotatable bonds is 22. The van der Waals surface area contributed by atoms with Gasteiger partial charge in [-0.15, -0.1) is 0 Å². The number of hydrogen-bond donors (Lipinski definition) is 5. The largest absolute Gasteiger partial charge is 0.396 e. The van der Waals surface area contributed by atoms with Gasteiger partial charge in [-0.3, -0.25) is 0 Å². The maximum atomic E-state index is 9.98. The first-order chi connectivity index (χ1) is 16.5. The van der Waals surface area contributed by atoms with E-state index in [1.165, 1.54) is 77.0 Å². The molecule has 0 spiro atoms. The molecule has 6 atom stereocenters. The lowest BCUT2D eigenvalue weighted by molar-refractivity contribution is -0.269. The minimum atomic E-state index is -1.26. The lowest BCUT2D eigenvalue weighted by Gasteiger charge is -2.40. The van der Waals surface area contributed by atoms with Gasteiger partial charge in [0.1, 0.15) is 18.3 Å². The van der Waals surface area contributed by atoms with Crippen molar-refractivity contribution in [3.05, 3.63) is 0 Å². The molecule has 1 aliphatic rings. The SMILES string of the molecule is CCCCCCCCCCCCCCCCOC[C@@H](CO)CO[C@@H]1OC(CO)[C@H](O)[C@H](O)C1N. The van der Waals surface area contributed by atoms with Crippen LogP contribution in [0.25, 0.3) is 0 Å². The van der Waals surface area contributed by atoms with E-state index in [9.17, 15) is 20.4 Å². The number of aliphatic hydroxyl groups excluding tert-OH is 4. The maximum Gasteiger partial charge on any atom is 0.175 e. The van der Waals surface area contributed by atoms with Crippen molar-refractivity contribution in [1.29, 1.82) is 0 Å². The van der Waals surface area contributed by atoms with Gasteiger partial charge in [0.2, 0.25) is 0 Å². The molecule has 1 saturated heterocycles. The van der Waals surface area contributed by atoms with E-state index in [-0.39, 0.29) is 19.1 Å². The highest BCUT2D eigenvalue weighted by atomic mass is 16.7. The average molecular weight is 492 g/mol. The summed E-state index contributed by atoms with van der Waals surface area (Å²) >= 11 is 0. The Bertz CT molecular complexity index is 455. The van der Waals surface area contributed by atoms with Crippen LogP contribution in [0.3, 0.4) is 0 Å². The van der Waals surface area contributed by atoms with Gasteiger partial charge in [-0.05, 0) is 6.42 Å². The first-order valence-corrected chi connectivity index (χ1v) is 13.7. The minimum Gasteiger partial charge on any atom is -0.396 e.